The smallest absolute Gasteiger partial charge is 0.342 e. The molecule has 6 aromatic carbocycles. The van der Waals surface area contributed by atoms with Crippen molar-refractivity contribution in [2.45, 2.75) is 65.0 Å². The van der Waals surface area contributed by atoms with Gasteiger partial charge >= 0.3 is 11.9 Å². The molecule has 8 heteroatoms. The monoisotopic (exact) mass is 778 g/mol. The molecular weight excluding hydrogens is 729 g/mol. The maximum atomic E-state index is 13.3. The van der Waals surface area contributed by atoms with Crippen LogP contribution >= 0.6 is 0 Å². The van der Waals surface area contributed by atoms with Gasteiger partial charge in [-0.15, -0.1) is 0 Å². The Bertz CT molecular complexity index is 1970. The van der Waals surface area contributed by atoms with Gasteiger partial charge in [0.05, 0.1) is 13.2 Å². The van der Waals surface area contributed by atoms with E-state index in [0.717, 1.165) is 60.8 Å². The van der Waals surface area contributed by atoms with Crippen molar-refractivity contribution < 1.29 is 38.0 Å². The number of benzene rings is 6. The number of esters is 2. The van der Waals surface area contributed by atoms with Crippen molar-refractivity contribution in [3.05, 3.63) is 191 Å². The van der Waals surface area contributed by atoms with Gasteiger partial charge in [0.25, 0.3) is 0 Å². The first-order valence-electron chi connectivity index (χ1n) is 19.9. The van der Waals surface area contributed by atoms with Gasteiger partial charge in [0.2, 0.25) is 0 Å². The van der Waals surface area contributed by atoms with Crippen LogP contribution < -0.4 is 18.9 Å². The summed E-state index contributed by atoms with van der Waals surface area (Å²) in [5.41, 5.74) is 4.64. The summed E-state index contributed by atoms with van der Waals surface area (Å²) >= 11 is 0. The predicted octanol–water partition coefficient (Wildman–Crippen LogP) is 11.4. The fraction of sp³-hybridized carbons (Fsp3) is 0.240. The maximum absolute atomic E-state index is 13.3. The van der Waals surface area contributed by atoms with Gasteiger partial charge in [0.15, 0.2) is 23.0 Å². The van der Waals surface area contributed by atoms with Crippen LogP contribution in [-0.4, -0.2) is 25.2 Å². The Labute approximate surface area is 341 Å². The first-order valence-corrected chi connectivity index (χ1v) is 19.9. The molecule has 0 saturated heterocycles. The third-order valence-electron chi connectivity index (χ3n) is 9.33. The van der Waals surface area contributed by atoms with Crippen LogP contribution in [0.5, 0.6) is 23.0 Å². The normalized spacial score (nSPS) is 10.7. The zero-order chi connectivity index (χ0) is 40.0. The summed E-state index contributed by atoms with van der Waals surface area (Å²) in [5.74, 6) is 0.811. The maximum Gasteiger partial charge on any atom is 0.342 e. The molecule has 0 amide bonds. The van der Waals surface area contributed by atoms with Crippen LogP contribution in [0.3, 0.4) is 0 Å². The average Bonchev–Trinajstić information content (AvgIpc) is 3.28. The van der Waals surface area contributed by atoms with E-state index >= 15 is 0 Å². The Hall–Kier alpha value is -6.54. The summed E-state index contributed by atoms with van der Waals surface area (Å²) in [5, 5.41) is 0. The molecule has 8 nitrogen and oxygen atoms in total. The molecule has 0 aromatic heterocycles. The van der Waals surface area contributed by atoms with Crippen LogP contribution in [0.1, 0.15) is 81.5 Å². The predicted molar refractivity (Wildman–Crippen MR) is 224 cm³/mol. The van der Waals surface area contributed by atoms with Crippen molar-refractivity contribution in [1.29, 1.82) is 0 Å². The molecular formula is C50H50O8. The van der Waals surface area contributed by atoms with Crippen molar-refractivity contribution >= 4 is 11.9 Å². The summed E-state index contributed by atoms with van der Waals surface area (Å²) in [7, 11) is 0. The van der Waals surface area contributed by atoms with Gasteiger partial charge < -0.3 is 28.4 Å². The van der Waals surface area contributed by atoms with E-state index in [4.69, 9.17) is 28.4 Å². The highest BCUT2D eigenvalue weighted by atomic mass is 16.5. The Morgan fingerprint density at radius 1 is 0.328 bits per heavy atom. The summed E-state index contributed by atoms with van der Waals surface area (Å²) in [6.45, 7) is 1.85. The minimum Gasteiger partial charge on any atom is -0.485 e. The topological polar surface area (TPSA) is 89.5 Å². The molecule has 0 spiro atoms. The van der Waals surface area contributed by atoms with E-state index in [1.54, 1.807) is 36.4 Å². The lowest BCUT2D eigenvalue weighted by molar-refractivity contribution is 0.0478. The second kappa shape index (κ2) is 22.9. The van der Waals surface area contributed by atoms with E-state index in [2.05, 4.69) is 0 Å². The number of para-hydroxylation sites is 2. The van der Waals surface area contributed by atoms with Crippen LogP contribution in [0.4, 0.5) is 0 Å². The van der Waals surface area contributed by atoms with E-state index in [9.17, 15) is 9.59 Å². The molecule has 298 valence electrons. The average molecular weight is 779 g/mol. The minimum atomic E-state index is -0.447. The molecule has 0 heterocycles. The molecule has 0 aliphatic carbocycles. The molecule has 0 unspecified atom stereocenters. The third kappa shape index (κ3) is 13.0. The van der Waals surface area contributed by atoms with Crippen molar-refractivity contribution in [3.63, 3.8) is 0 Å². The zero-order valence-electron chi connectivity index (χ0n) is 32.8. The van der Waals surface area contributed by atoms with Gasteiger partial charge in [-0.3, -0.25) is 0 Å². The molecule has 58 heavy (non-hydrogen) atoms. The van der Waals surface area contributed by atoms with E-state index in [1.165, 1.54) is 0 Å². The Morgan fingerprint density at radius 2 is 0.638 bits per heavy atom. The Kier molecular flexibility index (Phi) is 16.2. The van der Waals surface area contributed by atoms with E-state index in [0.29, 0.717) is 60.6 Å². The van der Waals surface area contributed by atoms with Crippen LogP contribution in [0.2, 0.25) is 0 Å². The quantitative estimate of drug-likeness (QED) is 0.0469. The molecule has 6 aromatic rings. The van der Waals surface area contributed by atoms with Crippen molar-refractivity contribution in [2.24, 2.45) is 0 Å². The lowest BCUT2D eigenvalue weighted by atomic mass is 10.1. The molecule has 0 aliphatic rings. The summed E-state index contributed by atoms with van der Waals surface area (Å²) in [6, 6.07) is 49.9. The lowest BCUT2D eigenvalue weighted by Crippen LogP contribution is -2.11. The Balaban J connectivity index is 0.927. The molecule has 0 aliphatic heterocycles. The van der Waals surface area contributed by atoms with Gasteiger partial charge in [0, 0.05) is 0 Å². The molecule has 0 fully saturated rings. The molecule has 0 radical (unpaired) electrons. The second-order valence-electron chi connectivity index (χ2n) is 13.8. The van der Waals surface area contributed by atoms with Crippen LogP contribution in [0.25, 0.3) is 0 Å². The van der Waals surface area contributed by atoms with Gasteiger partial charge in [-0.2, -0.15) is 0 Å². The first kappa shape index (κ1) is 41.1. The van der Waals surface area contributed by atoms with Gasteiger partial charge in [-0.05, 0) is 59.4 Å². The number of hydrogen-bond donors (Lipinski definition) is 0. The highest BCUT2D eigenvalue weighted by Crippen LogP contribution is 2.35. The standard InChI is InChI=1S/C50H50O8/c51-49(43-29-19-31-45(55-35-39-21-9-5-10-22-39)47(43)57-37-41-25-13-7-14-26-41)53-33-17-3-1-2-4-18-34-54-50(52)44-30-20-32-46(56-36-40-23-11-6-12-24-40)48(44)58-38-42-27-15-8-16-28-42/h5-16,19-32H,1-4,17-18,33-38H2. The minimum absolute atomic E-state index is 0.285. The SMILES string of the molecule is O=C(OCCCCCCCCOC(=O)c1cccc(OCc2ccccc2)c1OCc1ccccc1)c1cccc(OCc2ccccc2)c1OCc1ccccc1. The number of carbonyl (C=O) groups excluding carboxylic acids is 2. The van der Waals surface area contributed by atoms with Crippen LogP contribution in [-0.2, 0) is 35.9 Å². The first-order chi connectivity index (χ1) is 28.6. The van der Waals surface area contributed by atoms with Gasteiger partial charge in [-0.25, -0.2) is 9.59 Å². The Morgan fingerprint density at radius 3 is 0.983 bits per heavy atom. The number of unbranched alkanes of at least 4 members (excludes halogenated alkanes) is 5. The van der Waals surface area contributed by atoms with E-state index in [1.807, 2.05) is 121 Å². The zero-order valence-corrected chi connectivity index (χ0v) is 32.8. The second-order valence-corrected chi connectivity index (χ2v) is 13.8. The lowest BCUT2D eigenvalue weighted by Gasteiger charge is -2.16. The molecule has 0 N–H and O–H groups in total. The van der Waals surface area contributed by atoms with Crippen molar-refractivity contribution in [2.75, 3.05) is 13.2 Å². The largest absolute Gasteiger partial charge is 0.485 e. The van der Waals surface area contributed by atoms with E-state index < -0.39 is 11.9 Å². The molecule has 6 rings (SSSR count). The summed E-state index contributed by atoms with van der Waals surface area (Å²) in [6.07, 6.45) is 5.22. The molecule has 0 bridgehead atoms. The van der Waals surface area contributed by atoms with Crippen molar-refractivity contribution in [1.82, 2.24) is 0 Å². The molecule has 0 atom stereocenters. The number of hydrogen-bond acceptors (Lipinski definition) is 8. The summed E-state index contributed by atoms with van der Waals surface area (Å²) < 4.78 is 36.0. The third-order valence-corrected chi connectivity index (χ3v) is 9.33. The summed E-state index contributed by atoms with van der Waals surface area (Å²) in [4.78, 5) is 26.6. The number of carbonyl (C=O) groups is 2. The van der Waals surface area contributed by atoms with Crippen LogP contribution in [0, 0.1) is 0 Å². The molecule has 0 saturated carbocycles. The van der Waals surface area contributed by atoms with Gasteiger partial charge in [-0.1, -0.05) is 159 Å². The highest BCUT2D eigenvalue weighted by molar-refractivity contribution is 5.94. The van der Waals surface area contributed by atoms with Gasteiger partial charge in [0.1, 0.15) is 37.6 Å². The number of rotatable bonds is 23. The van der Waals surface area contributed by atoms with Crippen molar-refractivity contribution in [3.8, 4) is 23.0 Å². The van der Waals surface area contributed by atoms with E-state index in [-0.39, 0.29) is 13.2 Å². The highest BCUT2D eigenvalue weighted by Gasteiger charge is 2.21. The fourth-order valence-corrected chi connectivity index (χ4v) is 6.20. The number of ether oxygens (including phenoxy) is 6. The fourth-order valence-electron chi connectivity index (χ4n) is 6.20. The van der Waals surface area contributed by atoms with Crippen LogP contribution in [0.15, 0.2) is 158 Å².